The molecule has 1 unspecified atom stereocenters. The molecule has 262 valence electrons. The van der Waals surface area contributed by atoms with Crippen molar-refractivity contribution in [1.82, 2.24) is 25.1 Å². The van der Waals surface area contributed by atoms with E-state index in [9.17, 15) is 9.18 Å². The molecule has 1 aromatic carbocycles. The largest absolute Gasteiger partial charge is 0.461 e. The highest BCUT2D eigenvalue weighted by molar-refractivity contribution is 6.58. The van der Waals surface area contributed by atoms with E-state index in [1.165, 1.54) is 0 Å². The van der Waals surface area contributed by atoms with Crippen molar-refractivity contribution < 1.29 is 24.0 Å². The van der Waals surface area contributed by atoms with Gasteiger partial charge in [0.2, 0.25) is 0 Å². The summed E-state index contributed by atoms with van der Waals surface area (Å²) in [5.74, 6) is 0.365. The van der Waals surface area contributed by atoms with Crippen molar-refractivity contribution in [3.8, 4) is 6.01 Å². The Labute approximate surface area is 296 Å². The highest BCUT2D eigenvalue weighted by Gasteiger charge is 2.50. The Hall–Kier alpha value is -2.87. The van der Waals surface area contributed by atoms with E-state index in [0.717, 1.165) is 78.3 Å². The summed E-state index contributed by atoms with van der Waals surface area (Å²) in [5, 5.41) is 14.9. The van der Waals surface area contributed by atoms with Crippen molar-refractivity contribution >= 4 is 40.6 Å². The molecular weight excluding hydrogens is 670 g/mol. The van der Waals surface area contributed by atoms with Crippen LogP contribution in [0, 0.1) is 5.41 Å². The van der Waals surface area contributed by atoms with Gasteiger partial charge >= 0.3 is 6.01 Å². The lowest BCUT2D eigenvalue weighted by molar-refractivity contribution is -0.605. The lowest BCUT2D eigenvalue weighted by atomic mass is 9.87. The summed E-state index contributed by atoms with van der Waals surface area (Å²) >= 11 is 13.5. The standard InChI is InChI=1S/C35H43Cl2FN8O3/c36-26-5-1-4-25-23(26)6-8-35(25)17-27-24(20-49-35)31(43-33(42-27)48-21-34-7-2-13-46(34)18-22(38)16-34)45-12-3-9-41-28(19-45)29(37)30(39)32(47)44-14-10-40-11-15-44/h1,4-5,22,39-41H,2-3,6-21H2/p+1/b29-28+,39-30?/t22?,34-,35-/m0/s1. The summed E-state index contributed by atoms with van der Waals surface area (Å²) in [5.41, 5.74) is 3.71. The molecule has 4 saturated heterocycles. The lowest BCUT2D eigenvalue weighted by Crippen LogP contribution is -2.83. The average molecular weight is 715 g/mol. The zero-order valence-corrected chi connectivity index (χ0v) is 29.2. The fraction of sp³-hybridized carbons (Fsp3) is 0.600. The Morgan fingerprint density at radius 2 is 2.02 bits per heavy atom. The Balaban J connectivity index is 1.12. The Morgan fingerprint density at radius 3 is 2.88 bits per heavy atom. The van der Waals surface area contributed by atoms with Crippen LogP contribution in [0.2, 0.25) is 5.02 Å². The molecule has 14 heteroatoms. The van der Waals surface area contributed by atoms with Gasteiger partial charge in [-0.3, -0.25) is 15.1 Å². The number of quaternary nitrogens is 1. The summed E-state index contributed by atoms with van der Waals surface area (Å²) in [7, 11) is 0. The predicted molar refractivity (Wildman–Crippen MR) is 184 cm³/mol. The molecule has 1 spiro atoms. The zero-order valence-electron chi connectivity index (χ0n) is 27.7. The molecule has 3 atom stereocenters. The number of piperazine rings is 1. The molecule has 5 aliphatic heterocycles. The van der Waals surface area contributed by atoms with Crippen LogP contribution in [0.5, 0.6) is 6.01 Å². The van der Waals surface area contributed by atoms with Gasteiger partial charge in [-0.25, -0.2) is 4.39 Å². The van der Waals surface area contributed by atoms with E-state index in [4.69, 9.17) is 48.1 Å². The molecule has 0 radical (unpaired) electrons. The molecule has 4 fully saturated rings. The van der Waals surface area contributed by atoms with Gasteiger partial charge in [-0.05, 0) is 49.4 Å². The molecule has 6 aliphatic rings. The van der Waals surface area contributed by atoms with Crippen molar-refractivity contribution in [3.05, 3.63) is 56.3 Å². The van der Waals surface area contributed by atoms with Crippen molar-refractivity contribution in [2.24, 2.45) is 0 Å². The summed E-state index contributed by atoms with van der Waals surface area (Å²) in [4.78, 5) is 29.3. The maximum atomic E-state index is 14.6. The van der Waals surface area contributed by atoms with E-state index in [-0.39, 0.29) is 28.2 Å². The molecule has 49 heavy (non-hydrogen) atoms. The number of halogens is 3. The van der Waals surface area contributed by atoms with Crippen LogP contribution in [0.15, 0.2) is 28.9 Å². The number of aromatic nitrogens is 2. The molecule has 11 nitrogen and oxygen atoms in total. The maximum absolute atomic E-state index is 14.6. The van der Waals surface area contributed by atoms with Crippen LogP contribution in [-0.4, -0.2) is 109 Å². The fourth-order valence-corrected chi connectivity index (χ4v) is 9.34. The Kier molecular flexibility index (Phi) is 9.07. The molecular formula is C35H44Cl2FN8O3+. The minimum Gasteiger partial charge on any atom is -0.461 e. The van der Waals surface area contributed by atoms with Crippen LogP contribution in [0.25, 0.3) is 0 Å². The van der Waals surface area contributed by atoms with Crippen LogP contribution < -0.4 is 20.3 Å². The van der Waals surface area contributed by atoms with Crippen molar-refractivity contribution in [2.45, 2.75) is 68.9 Å². The number of fused-ring (bicyclic) bond motifs is 4. The van der Waals surface area contributed by atoms with E-state index < -0.39 is 11.8 Å². The van der Waals surface area contributed by atoms with Gasteiger partial charge in [0.25, 0.3) is 5.91 Å². The van der Waals surface area contributed by atoms with Crippen LogP contribution in [-0.2, 0) is 34.6 Å². The summed E-state index contributed by atoms with van der Waals surface area (Å²) < 4.78 is 27.8. The quantitative estimate of drug-likeness (QED) is 0.391. The molecule has 8 rings (SSSR count). The molecule has 0 bridgehead atoms. The van der Waals surface area contributed by atoms with Gasteiger partial charge in [-0.2, -0.15) is 9.97 Å². The van der Waals surface area contributed by atoms with E-state index in [1.54, 1.807) is 4.90 Å². The summed E-state index contributed by atoms with van der Waals surface area (Å²) in [6, 6.07) is 6.31. The molecule has 1 amide bonds. The second kappa shape index (κ2) is 13.4. The maximum Gasteiger partial charge on any atom is 0.318 e. The van der Waals surface area contributed by atoms with E-state index in [1.807, 2.05) is 17.4 Å². The van der Waals surface area contributed by atoms with Gasteiger partial charge in [0.05, 0.1) is 36.5 Å². The number of rotatable bonds is 6. The molecule has 4 N–H and O–H groups in total. The number of amides is 1. The Bertz CT molecular complexity index is 1690. The van der Waals surface area contributed by atoms with Gasteiger partial charge < -0.3 is 29.9 Å². The molecule has 1 aromatic heterocycles. The SMILES string of the molecule is N=C(C(=O)N1CCNCC1)/C(Cl)=C1/CN(c2nc(OC[C@@]34CCCN3CC(F)C4)nc3c2CO[C@@]2(CCc4c(Cl)cccc42)C3)CCC[NH2+]1. The van der Waals surface area contributed by atoms with Crippen LogP contribution in [0.4, 0.5) is 10.2 Å². The topological polar surface area (TPSA) is 124 Å². The highest BCUT2D eigenvalue weighted by Crippen LogP contribution is 2.49. The van der Waals surface area contributed by atoms with E-state index >= 15 is 0 Å². The van der Waals surface area contributed by atoms with Gasteiger partial charge in [-0.15, -0.1) is 0 Å². The van der Waals surface area contributed by atoms with E-state index in [2.05, 4.69) is 21.2 Å². The first-order valence-corrected chi connectivity index (χ1v) is 18.4. The first-order chi connectivity index (χ1) is 23.8. The van der Waals surface area contributed by atoms with Gasteiger partial charge in [0, 0.05) is 69.1 Å². The number of hydrogen-bond acceptors (Lipinski definition) is 9. The third-order valence-corrected chi connectivity index (χ3v) is 12.2. The fourth-order valence-electron chi connectivity index (χ4n) is 8.86. The second-order valence-electron chi connectivity index (χ2n) is 14.4. The monoisotopic (exact) mass is 713 g/mol. The minimum absolute atomic E-state index is 0.173. The molecule has 0 saturated carbocycles. The van der Waals surface area contributed by atoms with Gasteiger partial charge in [0.1, 0.15) is 35.0 Å². The average Bonchev–Trinajstić information content (AvgIpc) is 3.69. The van der Waals surface area contributed by atoms with Crippen LogP contribution >= 0.6 is 23.2 Å². The third-order valence-electron chi connectivity index (χ3n) is 11.4. The van der Waals surface area contributed by atoms with Crippen LogP contribution in [0.1, 0.15) is 54.5 Å². The van der Waals surface area contributed by atoms with Crippen molar-refractivity contribution in [2.75, 3.05) is 70.4 Å². The molecule has 2 aromatic rings. The summed E-state index contributed by atoms with van der Waals surface area (Å²) in [6.07, 6.45) is 4.58. The summed E-state index contributed by atoms with van der Waals surface area (Å²) in [6.45, 7) is 6.32. The number of carbonyl (C=O) groups is 1. The van der Waals surface area contributed by atoms with Crippen molar-refractivity contribution in [1.29, 1.82) is 5.41 Å². The highest BCUT2D eigenvalue weighted by atomic mass is 35.5. The lowest BCUT2D eigenvalue weighted by Gasteiger charge is -2.37. The zero-order chi connectivity index (χ0) is 33.8. The van der Waals surface area contributed by atoms with E-state index in [0.29, 0.717) is 77.7 Å². The number of alkyl halides is 1. The second-order valence-corrected chi connectivity index (χ2v) is 15.2. The number of carbonyl (C=O) groups excluding carboxylic acids is 1. The number of benzene rings is 1. The number of nitrogens with one attached hydrogen (secondary N) is 2. The number of nitrogens with two attached hydrogens (primary N) is 1. The minimum atomic E-state index is -0.851. The first-order valence-electron chi connectivity index (χ1n) is 17.6. The molecule has 6 heterocycles. The number of anilines is 1. The Morgan fingerprint density at radius 1 is 1.16 bits per heavy atom. The molecule has 1 aliphatic carbocycles. The number of ether oxygens (including phenoxy) is 2. The number of hydrogen-bond donors (Lipinski definition) is 3. The number of nitrogens with zero attached hydrogens (tertiary/aromatic N) is 5. The first kappa shape index (κ1) is 33.3. The normalized spacial score (nSPS) is 29.4. The van der Waals surface area contributed by atoms with Crippen LogP contribution in [0.3, 0.4) is 0 Å². The van der Waals surface area contributed by atoms with Crippen molar-refractivity contribution in [3.63, 3.8) is 0 Å². The predicted octanol–water partition coefficient (Wildman–Crippen LogP) is 2.68. The smallest absolute Gasteiger partial charge is 0.318 e. The van der Waals surface area contributed by atoms with Gasteiger partial charge in [-0.1, -0.05) is 35.3 Å². The third kappa shape index (κ3) is 6.12. The van der Waals surface area contributed by atoms with Gasteiger partial charge in [0.15, 0.2) is 0 Å².